The molecule has 0 radical (unpaired) electrons. The molecule has 0 spiro atoms. The van der Waals surface area contributed by atoms with Crippen LogP contribution in [0.25, 0.3) is 0 Å². The Morgan fingerprint density at radius 3 is 2.38 bits per heavy atom. The average Bonchev–Trinajstić information content (AvgIpc) is 2.73. The molecule has 1 aromatic carbocycles. The van der Waals surface area contributed by atoms with Crippen LogP contribution in [0.2, 0.25) is 0 Å². The smallest absolute Gasteiger partial charge is 0.338 e. The maximum atomic E-state index is 12.7. The molecule has 0 saturated carbocycles. The fraction of sp³-hybridized carbons (Fsp3) is 0.400. The largest absolute Gasteiger partial charge is 0.454 e. The summed E-state index contributed by atoms with van der Waals surface area (Å²) in [4.78, 5) is 49.7. The summed E-state index contributed by atoms with van der Waals surface area (Å²) < 4.78 is 32.3. The van der Waals surface area contributed by atoms with Crippen LogP contribution in [0.3, 0.4) is 0 Å². The van der Waals surface area contributed by atoms with E-state index in [1.165, 1.54) is 39.3 Å². The van der Waals surface area contributed by atoms with Crippen molar-refractivity contribution in [3.8, 4) is 0 Å². The molecule has 0 aliphatic rings. The molecule has 0 unspecified atom stereocenters. The third-order valence-electron chi connectivity index (χ3n) is 4.59. The molecule has 0 amide bonds. The molecule has 174 valence electrons. The highest BCUT2D eigenvalue weighted by molar-refractivity contribution is 7.89. The van der Waals surface area contributed by atoms with E-state index in [4.69, 9.17) is 10.5 Å². The minimum Gasteiger partial charge on any atom is -0.454 e. The monoisotopic (exact) mass is 466 g/mol. The van der Waals surface area contributed by atoms with Crippen molar-refractivity contribution in [1.82, 2.24) is 13.4 Å². The van der Waals surface area contributed by atoms with Gasteiger partial charge < -0.3 is 10.5 Å². The van der Waals surface area contributed by atoms with Gasteiger partial charge in [-0.3, -0.25) is 18.7 Å². The van der Waals surface area contributed by atoms with Gasteiger partial charge >= 0.3 is 11.7 Å². The van der Waals surface area contributed by atoms with Gasteiger partial charge in [-0.25, -0.2) is 22.3 Å². The highest BCUT2D eigenvalue weighted by atomic mass is 32.2. The first kappa shape index (κ1) is 25.0. The quantitative estimate of drug-likeness (QED) is 0.424. The van der Waals surface area contributed by atoms with Crippen LogP contribution in [0.4, 0.5) is 5.82 Å². The molecular weight excluding hydrogens is 440 g/mol. The normalized spacial score (nSPS) is 11.7. The summed E-state index contributed by atoms with van der Waals surface area (Å²) in [6.07, 6.45) is 0. The van der Waals surface area contributed by atoms with Crippen molar-refractivity contribution in [3.05, 3.63) is 56.2 Å². The number of rotatable bonds is 8. The van der Waals surface area contributed by atoms with Gasteiger partial charge in [-0.05, 0) is 24.1 Å². The maximum Gasteiger partial charge on any atom is 0.338 e. The molecule has 0 saturated heterocycles. The summed E-state index contributed by atoms with van der Waals surface area (Å²) in [5.41, 5.74) is 3.83. The number of ether oxygens (including phenoxy) is 1. The highest BCUT2D eigenvalue weighted by Gasteiger charge is 2.24. The van der Waals surface area contributed by atoms with E-state index < -0.39 is 45.2 Å². The number of aromatic nitrogens is 2. The van der Waals surface area contributed by atoms with Crippen molar-refractivity contribution < 1.29 is 22.7 Å². The number of benzene rings is 1. The lowest BCUT2D eigenvalue weighted by atomic mass is 10.1. The van der Waals surface area contributed by atoms with Gasteiger partial charge in [-0.15, -0.1) is 0 Å². The molecule has 0 fully saturated rings. The Morgan fingerprint density at radius 2 is 1.81 bits per heavy atom. The van der Waals surface area contributed by atoms with Crippen LogP contribution < -0.4 is 17.0 Å². The van der Waals surface area contributed by atoms with Crippen LogP contribution in [0.5, 0.6) is 0 Å². The highest BCUT2D eigenvalue weighted by Crippen LogP contribution is 2.16. The molecule has 0 aliphatic carbocycles. The molecule has 1 heterocycles. The van der Waals surface area contributed by atoms with E-state index >= 15 is 0 Å². The number of anilines is 1. The number of carbonyl (C=O) groups excluding carboxylic acids is 2. The number of ketones is 1. The number of hydrogen-bond acceptors (Lipinski definition) is 8. The molecule has 12 heteroatoms. The summed E-state index contributed by atoms with van der Waals surface area (Å²) >= 11 is 0. The molecule has 2 N–H and O–H groups in total. The van der Waals surface area contributed by atoms with Crippen LogP contribution in [0.1, 0.15) is 34.6 Å². The number of sulfonamides is 1. The zero-order valence-corrected chi connectivity index (χ0v) is 19.3. The van der Waals surface area contributed by atoms with E-state index in [0.717, 1.165) is 19.5 Å². The summed E-state index contributed by atoms with van der Waals surface area (Å²) in [6.45, 7) is 3.05. The fourth-order valence-corrected chi connectivity index (χ4v) is 3.82. The Bertz CT molecular complexity index is 1270. The van der Waals surface area contributed by atoms with Crippen LogP contribution in [-0.4, -0.2) is 54.3 Å². The first-order valence-corrected chi connectivity index (χ1v) is 11.0. The second-order valence-corrected chi connectivity index (χ2v) is 9.88. The molecule has 32 heavy (non-hydrogen) atoms. The van der Waals surface area contributed by atoms with Crippen LogP contribution in [0.15, 0.2) is 38.8 Å². The zero-order valence-electron chi connectivity index (χ0n) is 18.5. The number of nitrogen functional groups attached to an aromatic ring is 1. The Hall–Kier alpha value is -3.25. The Morgan fingerprint density at radius 1 is 1.19 bits per heavy atom. The molecule has 2 aromatic rings. The van der Waals surface area contributed by atoms with Gasteiger partial charge in [0.25, 0.3) is 5.56 Å². The third kappa shape index (κ3) is 4.97. The number of carbonyl (C=O) groups is 2. The van der Waals surface area contributed by atoms with E-state index in [2.05, 4.69) is 0 Å². The first-order valence-electron chi connectivity index (χ1n) is 9.61. The van der Waals surface area contributed by atoms with E-state index in [1.54, 1.807) is 0 Å². The van der Waals surface area contributed by atoms with Gasteiger partial charge in [0.05, 0.1) is 10.5 Å². The second-order valence-electron chi connectivity index (χ2n) is 7.73. The topological polar surface area (TPSA) is 151 Å². The lowest BCUT2D eigenvalue weighted by Gasteiger charge is -2.16. The number of Topliss-reactive ketones (excluding diaryl/α,β-unsaturated/α-hetero) is 1. The molecule has 0 bridgehead atoms. The van der Waals surface area contributed by atoms with Gasteiger partial charge in [0.1, 0.15) is 11.4 Å². The molecule has 0 atom stereocenters. The molecule has 0 aliphatic heterocycles. The van der Waals surface area contributed by atoms with Crippen molar-refractivity contribution >= 4 is 27.6 Å². The van der Waals surface area contributed by atoms with Gasteiger partial charge in [0.15, 0.2) is 6.61 Å². The van der Waals surface area contributed by atoms with Crippen molar-refractivity contribution in [2.24, 2.45) is 13.0 Å². The summed E-state index contributed by atoms with van der Waals surface area (Å²) in [7, 11) is 0.146. The number of nitrogens with two attached hydrogens (primary N) is 1. The van der Waals surface area contributed by atoms with Crippen molar-refractivity contribution in [3.63, 3.8) is 0 Å². The minimum atomic E-state index is -3.78. The zero-order chi connectivity index (χ0) is 24.4. The van der Waals surface area contributed by atoms with E-state index in [0.29, 0.717) is 0 Å². The van der Waals surface area contributed by atoms with Crippen molar-refractivity contribution in [2.45, 2.75) is 25.3 Å². The third-order valence-corrected chi connectivity index (χ3v) is 6.40. The van der Waals surface area contributed by atoms with E-state index in [9.17, 15) is 27.6 Å². The standard InChI is InChI=1S/C20H26N4O7S/c1-12(2)10-24-17(21)16(18(26)23(5)20(24)28)15(25)11-31-19(27)13-7-6-8-14(9-13)32(29,30)22(3)4/h6-9,12H,10-11,21H2,1-5H3. The number of nitrogens with zero attached hydrogens (tertiary/aromatic N) is 3. The number of esters is 1. The minimum absolute atomic E-state index is 0.0130. The summed E-state index contributed by atoms with van der Waals surface area (Å²) in [6, 6.07) is 5.14. The summed E-state index contributed by atoms with van der Waals surface area (Å²) in [5, 5.41) is 0. The second kappa shape index (κ2) is 9.49. The van der Waals surface area contributed by atoms with E-state index in [1.807, 2.05) is 13.8 Å². The average molecular weight is 467 g/mol. The molecule has 1 aromatic heterocycles. The number of hydrogen-bond donors (Lipinski definition) is 1. The fourth-order valence-electron chi connectivity index (χ4n) is 2.87. The van der Waals surface area contributed by atoms with Gasteiger partial charge in [0.2, 0.25) is 15.8 Å². The lowest BCUT2D eigenvalue weighted by molar-refractivity contribution is 0.0474. The predicted octanol–water partition coefficient (Wildman–Crippen LogP) is 0.0752. The predicted molar refractivity (Wildman–Crippen MR) is 117 cm³/mol. The van der Waals surface area contributed by atoms with Crippen LogP contribution in [0, 0.1) is 5.92 Å². The van der Waals surface area contributed by atoms with Gasteiger partial charge in [0, 0.05) is 27.7 Å². The van der Waals surface area contributed by atoms with E-state index in [-0.39, 0.29) is 28.7 Å². The van der Waals surface area contributed by atoms with Gasteiger partial charge in [-0.2, -0.15) is 0 Å². The van der Waals surface area contributed by atoms with Crippen LogP contribution >= 0.6 is 0 Å². The Labute approximate surface area is 185 Å². The Balaban J connectivity index is 2.31. The SMILES string of the molecule is CC(C)Cn1c(N)c(C(=O)COC(=O)c2cccc(S(=O)(=O)N(C)C)c2)c(=O)n(C)c1=O. The Kier molecular flexibility index (Phi) is 7.42. The van der Waals surface area contributed by atoms with Crippen LogP contribution in [-0.2, 0) is 28.4 Å². The molecule has 11 nitrogen and oxygen atoms in total. The van der Waals surface area contributed by atoms with Crippen molar-refractivity contribution in [1.29, 1.82) is 0 Å². The summed E-state index contributed by atoms with van der Waals surface area (Å²) in [5.74, 6) is -2.13. The molecular formula is C20H26N4O7S. The first-order chi connectivity index (χ1) is 14.8. The molecule has 2 rings (SSSR count). The van der Waals surface area contributed by atoms with Crippen molar-refractivity contribution in [2.75, 3.05) is 26.4 Å². The maximum absolute atomic E-state index is 12.7. The van der Waals surface area contributed by atoms with Gasteiger partial charge in [-0.1, -0.05) is 19.9 Å². The lowest BCUT2D eigenvalue weighted by Crippen LogP contribution is -2.43.